The Morgan fingerprint density at radius 1 is 1.03 bits per heavy atom. The first-order valence-corrected chi connectivity index (χ1v) is 12.2. The van der Waals surface area contributed by atoms with E-state index >= 15 is 0 Å². The largest absolute Gasteiger partial charge is 0.444 e. The molecule has 0 saturated carbocycles. The minimum atomic E-state index is -0.775. The number of nitrogens with one attached hydrogen (secondary N) is 3. The molecule has 0 aliphatic carbocycles. The molecule has 1 heterocycles. The van der Waals surface area contributed by atoms with Crippen LogP contribution in [0.15, 0.2) is 18.2 Å². The number of nitrogens with zero attached hydrogens (tertiary/aromatic N) is 2. The van der Waals surface area contributed by atoms with Gasteiger partial charge >= 0.3 is 6.09 Å². The van der Waals surface area contributed by atoms with Crippen molar-refractivity contribution in [3.8, 4) is 0 Å². The third kappa shape index (κ3) is 9.71. The van der Waals surface area contributed by atoms with E-state index in [1.807, 2.05) is 25.7 Å². The van der Waals surface area contributed by atoms with E-state index in [1.54, 1.807) is 17.0 Å². The fourth-order valence-electron chi connectivity index (χ4n) is 3.78. The third-order valence-electron chi connectivity index (χ3n) is 5.47. The van der Waals surface area contributed by atoms with Crippen molar-refractivity contribution < 1.29 is 28.3 Å². The van der Waals surface area contributed by atoms with Gasteiger partial charge in [-0.25, -0.2) is 9.18 Å². The summed E-state index contributed by atoms with van der Waals surface area (Å²) < 4.78 is 20.3. The van der Waals surface area contributed by atoms with Gasteiger partial charge in [-0.2, -0.15) is 0 Å². The molecule has 1 aromatic carbocycles. The van der Waals surface area contributed by atoms with Crippen LogP contribution in [0.25, 0.3) is 0 Å². The van der Waals surface area contributed by atoms with Crippen molar-refractivity contribution in [1.82, 2.24) is 15.5 Å². The van der Waals surface area contributed by atoms with E-state index in [0.29, 0.717) is 57.7 Å². The fraction of sp³-hybridized carbons (Fsp3) is 0.600. The van der Waals surface area contributed by atoms with E-state index in [0.717, 1.165) is 0 Å². The van der Waals surface area contributed by atoms with Gasteiger partial charge in [-0.05, 0) is 58.2 Å². The maximum absolute atomic E-state index is 14.9. The van der Waals surface area contributed by atoms with Gasteiger partial charge in [0.25, 0.3) is 0 Å². The average molecular weight is 508 g/mol. The first-order chi connectivity index (χ1) is 16.9. The third-order valence-corrected chi connectivity index (χ3v) is 5.47. The molecule has 10 nitrogen and oxygen atoms in total. The Hall–Kier alpha value is -3.37. The number of carbonyl (C=O) groups excluding carboxylic acids is 4. The number of halogens is 1. The number of anilines is 2. The molecule has 1 aliphatic heterocycles. The first kappa shape index (κ1) is 28.9. The summed E-state index contributed by atoms with van der Waals surface area (Å²) in [5, 5.41) is 7.98. The number of rotatable bonds is 9. The van der Waals surface area contributed by atoms with Crippen molar-refractivity contribution in [3.05, 3.63) is 24.0 Å². The van der Waals surface area contributed by atoms with E-state index in [1.165, 1.54) is 19.9 Å². The second-order valence-corrected chi connectivity index (χ2v) is 9.84. The summed E-state index contributed by atoms with van der Waals surface area (Å²) in [6.07, 6.45) is 1.27. The Bertz CT molecular complexity index is 941. The summed E-state index contributed by atoms with van der Waals surface area (Å²) in [7, 11) is 0. The summed E-state index contributed by atoms with van der Waals surface area (Å²) in [6, 6.07) is 3.67. The zero-order valence-electron chi connectivity index (χ0n) is 21.8. The van der Waals surface area contributed by atoms with Gasteiger partial charge in [0.2, 0.25) is 17.7 Å². The summed E-state index contributed by atoms with van der Waals surface area (Å²) in [6.45, 7) is 10.4. The number of amides is 4. The van der Waals surface area contributed by atoms with Gasteiger partial charge in [0, 0.05) is 52.3 Å². The van der Waals surface area contributed by atoms with Crippen LogP contribution >= 0.6 is 0 Å². The number of ether oxygens (including phenoxy) is 1. The molecular formula is C25H38FN5O5. The molecule has 0 spiro atoms. The molecule has 200 valence electrons. The maximum Gasteiger partial charge on any atom is 0.410 e. The number of benzene rings is 1. The standard InChI is InChI=1S/C25H38FN5O5/c1-17(32)27-11-7-6-8-21(28-18(2)33)23(34)29-19-9-10-22(20(26)16-19)30-12-14-31(15-13-30)24(35)36-25(3,4)5/h9-10,16,21H,6-8,11-15H2,1-5H3,(H,27,32)(H,28,33)(H,29,34). The van der Waals surface area contributed by atoms with Crippen molar-refractivity contribution in [2.75, 3.05) is 42.9 Å². The molecule has 1 aliphatic rings. The lowest BCUT2D eigenvalue weighted by Crippen LogP contribution is -2.50. The van der Waals surface area contributed by atoms with Crippen LogP contribution in [-0.2, 0) is 19.1 Å². The number of unbranched alkanes of at least 4 members (excludes halogenated alkanes) is 1. The molecule has 3 N–H and O–H groups in total. The topological polar surface area (TPSA) is 120 Å². The maximum atomic E-state index is 14.9. The van der Waals surface area contributed by atoms with Crippen molar-refractivity contribution >= 4 is 35.2 Å². The lowest BCUT2D eigenvalue weighted by atomic mass is 10.1. The van der Waals surface area contributed by atoms with Crippen LogP contribution in [0.4, 0.5) is 20.6 Å². The molecule has 1 aromatic rings. The molecule has 11 heteroatoms. The normalized spacial score (nSPS) is 14.6. The zero-order valence-corrected chi connectivity index (χ0v) is 21.8. The Morgan fingerprint density at radius 3 is 2.25 bits per heavy atom. The van der Waals surface area contributed by atoms with Gasteiger partial charge in [-0.1, -0.05) is 0 Å². The molecule has 2 rings (SSSR count). The monoisotopic (exact) mass is 507 g/mol. The number of carbonyl (C=O) groups is 4. The van der Waals surface area contributed by atoms with E-state index < -0.39 is 23.4 Å². The Balaban J connectivity index is 1.93. The molecule has 1 atom stereocenters. The van der Waals surface area contributed by atoms with Crippen LogP contribution in [0.3, 0.4) is 0 Å². The van der Waals surface area contributed by atoms with Gasteiger partial charge in [0.15, 0.2) is 0 Å². The highest BCUT2D eigenvalue weighted by molar-refractivity contribution is 5.97. The molecular weight excluding hydrogens is 469 g/mol. The summed E-state index contributed by atoms with van der Waals surface area (Å²) in [5.41, 5.74) is 0.0853. The van der Waals surface area contributed by atoms with Crippen molar-refractivity contribution in [2.24, 2.45) is 0 Å². The molecule has 36 heavy (non-hydrogen) atoms. The van der Waals surface area contributed by atoms with E-state index in [9.17, 15) is 23.6 Å². The number of hydrogen-bond donors (Lipinski definition) is 3. The van der Waals surface area contributed by atoms with Crippen molar-refractivity contribution in [2.45, 2.75) is 65.5 Å². The molecule has 0 radical (unpaired) electrons. The van der Waals surface area contributed by atoms with Gasteiger partial charge in [0.05, 0.1) is 5.69 Å². The van der Waals surface area contributed by atoms with E-state index in [4.69, 9.17) is 4.74 Å². The number of piperazine rings is 1. The number of hydrogen-bond acceptors (Lipinski definition) is 6. The Labute approximate surface area is 211 Å². The molecule has 1 unspecified atom stereocenters. The molecule has 0 aromatic heterocycles. The zero-order chi connectivity index (χ0) is 26.9. The molecule has 0 bridgehead atoms. The van der Waals surface area contributed by atoms with Gasteiger partial charge in [-0.15, -0.1) is 0 Å². The van der Waals surface area contributed by atoms with Crippen molar-refractivity contribution in [1.29, 1.82) is 0 Å². The summed E-state index contributed by atoms with van der Waals surface area (Å²) in [4.78, 5) is 50.9. The van der Waals surface area contributed by atoms with Crippen LogP contribution < -0.4 is 20.9 Å². The van der Waals surface area contributed by atoms with Crippen LogP contribution in [0.5, 0.6) is 0 Å². The minimum absolute atomic E-state index is 0.124. The quantitative estimate of drug-likeness (QED) is 0.442. The predicted molar refractivity (Wildman–Crippen MR) is 135 cm³/mol. The Kier molecular flexibility index (Phi) is 10.5. The Morgan fingerprint density at radius 2 is 1.69 bits per heavy atom. The summed E-state index contributed by atoms with van der Waals surface area (Å²) >= 11 is 0. The van der Waals surface area contributed by atoms with Crippen LogP contribution in [-0.4, -0.2) is 73.1 Å². The highest BCUT2D eigenvalue weighted by atomic mass is 19.1. The van der Waals surface area contributed by atoms with Crippen LogP contribution in [0.2, 0.25) is 0 Å². The second-order valence-electron chi connectivity index (χ2n) is 9.84. The lowest BCUT2D eigenvalue weighted by molar-refractivity contribution is -0.125. The van der Waals surface area contributed by atoms with Gasteiger partial charge < -0.3 is 30.5 Å². The average Bonchev–Trinajstić information content (AvgIpc) is 2.76. The molecule has 1 saturated heterocycles. The van der Waals surface area contributed by atoms with Crippen LogP contribution in [0.1, 0.15) is 53.9 Å². The first-order valence-electron chi connectivity index (χ1n) is 12.2. The summed E-state index contributed by atoms with van der Waals surface area (Å²) in [5.74, 6) is -1.40. The molecule has 4 amide bonds. The highest BCUT2D eigenvalue weighted by Crippen LogP contribution is 2.25. The lowest BCUT2D eigenvalue weighted by Gasteiger charge is -2.36. The fourth-order valence-corrected chi connectivity index (χ4v) is 3.78. The van der Waals surface area contributed by atoms with Crippen LogP contribution in [0, 0.1) is 5.82 Å². The molecule has 1 fully saturated rings. The van der Waals surface area contributed by atoms with E-state index in [-0.39, 0.29) is 23.6 Å². The smallest absolute Gasteiger partial charge is 0.410 e. The van der Waals surface area contributed by atoms with E-state index in [2.05, 4.69) is 16.0 Å². The van der Waals surface area contributed by atoms with Crippen molar-refractivity contribution in [3.63, 3.8) is 0 Å². The minimum Gasteiger partial charge on any atom is -0.444 e. The SMILES string of the molecule is CC(=O)NCCCCC(NC(C)=O)C(=O)Nc1ccc(N2CCN(C(=O)OC(C)(C)C)CC2)c(F)c1. The van der Waals surface area contributed by atoms with Gasteiger partial charge in [-0.3, -0.25) is 14.4 Å². The highest BCUT2D eigenvalue weighted by Gasteiger charge is 2.27. The predicted octanol–water partition coefficient (Wildman–Crippen LogP) is 2.63. The van der Waals surface area contributed by atoms with Gasteiger partial charge in [0.1, 0.15) is 17.5 Å². The second kappa shape index (κ2) is 13.1.